The van der Waals surface area contributed by atoms with E-state index in [0.717, 1.165) is 10.0 Å². The van der Waals surface area contributed by atoms with Crippen molar-refractivity contribution in [1.29, 1.82) is 0 Å². The molecule has 0 saturated carbocycles. The van der Waals surface area contributed by atoms with Crippen LogP contribution in [0.4, 0.5) is 10.8 Å². The third-order valence-electron chi connectivity index (χ3n) is 2.52. The van der Waals surface area contributed by atoms with E-state index in [1.54, 1.807) is 6.92 Å². The van der Waals surface area contributed by atoms with Gasteiger partial charge in [-0.2, -0.15) is 0 Å². The average molecular weight is 309 g/mol. The minimum Gasteiger partial charge on any atom is -0.468 e. The van der Waals surface area contributed by atoms with Crippen LogP contribution in [0.2, 0.25) is 0 Å². The second kappa shape index (κ2) is 6.71. The van der Waals surface area contributed by atoms with Crippen molar-refractivity contribution in [2.45, 2.75) is 23.4 Å². The summed E-state index contributed by atoms with van der Waals surface area (Å²) in [5.41, 5.74) is 2.17. The largest absolute Gasteiger partial charge is 0.468 e. The van der Waals surface area contributed by atoms with Crippen LogP contribution >= 0.6 is 23.1 Å². The minimum atomic E-state index is -0.292. The van der Waals surface area contributed by atoms with Crippen LogP contribution in [0.15, 0.2) is 28.6 Å². The summed E-state index contributed by atoms with van der Waals surface area (Å²) < 4.78 is 5.41. The lowest BCUT2D eigenvalue weighted by Crippen LogP contribution is -2.14. The number of methoxy groups -OCH3 is 1. The fourth-order valence-corrected chi connectivity index (χ4v) is 3.38. The molecule has 1 aromatic heterocycles. The van der Waals surface area contributed by atoms with Gasteiger partial charge in [-0.3, -0.25) is 4.79 Å². The maximum atomic E-state index is 11.3. The molecule has 0 fully saturated rings. The minimum absolute atomic E-state index is 0.266. The molecule has 0 unspecified atom stereocenters. The standard InChI is InChI=1S/C13H15N3O2S2/c1-8-4-6-10(7-5-8)14-12-15-16-13(20-12)19-9(2)11(17)18-3/h4-7,9H,1-3H3,(H,14,15)/t9-/m1/s1. The molecule has 7 heteroatoms. The molecular formula is C13H15N3O2S2. The number of aromatic nitrogens is 2. The van der Waals surface area contributed by atoms with E-state index in [1.165, 1.54) is 35.8 Å². The molecule has 1 atom stereocenters. The summed E-state index contributed by atoms with van der Waals surface area (Å²) >= 11 is 2.75. The fourth-order valence-electron chi connectivity index (χ4n) is 1.43. The molecule has 2 rings (SSSR count). The first-order valence-electron chi connectivity index (χ1n) is 6.00. The SMILES string of the molecule is COC(=O)[C@@H](C)Sc1nnc(Nc2ccc(C)cc2)s1. The number of thioether (sulfide) groups is 1. The summed E-state index contributed by atoms with van der Waals surface area (Å²) in [6.07, 6.45) is 0. The molecule has 5 nitrogen and oxygen atoms in total. The van der Waals surface area contributed by atoms with Crippen LogP contribution in [0, 0.1) is 6.92 Å². The van der Waals surface area contributed by atoms with Crippen molar-refractivity contribution in [3.05, 3.63) is 29.8 Å². The molecule has 1 aromatic carbocycles. The summed E-state index contributed by atoms with van der Waals surface area (Å²) in [6.45, 7) is 3.82. The molecular weight excluding hydrogens is 294 g/mol. The second-order valence-electron chi connectivity index (χ2n) is 4.15. The van der Waals surface area contributed by atoms with E-state index in [1.807, 2.05) is 31.2 Å². The quantitative estimate of drug-likeness (QED) is 0.675. The van der Waals surface area contributed by atoms with Crippen LogP contribution in [0.1, 0.15) is 12.5 Å². The van der Waals surface area contributed by atoms with Gasteiger partial charge < -0.3 is 10.1 Å². The van der Waals surface area contributed by atoms with Crippen LogP contribution in [-0.4, -0.2) is 28.5 Å². The highest BCUT2D eigenvalue weighted by molar-refractivity contribution is 8.02. The van der Waals surface area contributed by atoms with E-state index in [-0.39, 0.29) is 11.2 Å². The molecule has 106 valence electrons. The molecule has 1 N–H and O–H groups in total. The van der Waals surface area contributed by atoms with Gasteiger partial charge >= 0.3 is 5.97 Å². The Hall–Kier alpha value is -1.60. The number of ether oxygens (including phenoxy) is 1. The maximum Gasteiger partial charge on any atom is 0.318 e. The Bertz CT molecular complexity index is 584. The summed E-state index contributed by atoms with van der Waals surface area (Å²) in [7, 11) is 1.38. The van der Waals surface area contributed by atoms with Gasteiger partial charge in [-0.15, -0.1) is 10.2 Å². The Morgan fingerprint density at radius 3 is 2.70 bits per heavy atom. The Morgan fingerprint density at radius 2 is 2.05 bits per heavy atom. The number of nitrogens with one attached hydrogen (secondary N) is 1. The summed E-state index contributed by atoms with van der Waals surface area (Å²) in [5, 5.41) is 11.7. The first-order chi connectivity index (χ1) is 9.58. The molecule has 0 saturated heterocycles. The Morgan fingerprint density at radius 1 is 1.35 bits per heavy atom. The molecule has 0 amide bonds. The first-order valence-corrected chi connectivity index (χ1v) is 7.70. The van der Waals surface area contributed by atoms with Gasteiger partial charge in [0.2, 0.25) is 5.13 Å². The number of carbonyl (C=O) groups is 1. The predicted octanol–water partition coefficient (Wildman–Crippen LogP) is 3.24. The van der Waals surface area contributed by atoms with E-state index in [9.17, 15) is 4.79 Å². The summed E-state index contributed by atoms with van der Waals surface area (Å²) in [5.74, 6) is -0.266. The van der Waals surface area contributed by atoms with Gasteiger partial charge in [0.05, 0.1) is 7.11 Å². The number of nitrogens with zero attached hydrogens (tertiary/aromatic N) is 2. The van der Waals surface area contributed by atoms with Gasteiger partial charge in [0.15, 0.2) is 4.34 Å². The van der Waals surface area contributed by atoms with Gasteiger partial charge in [-0.25, -0.2) is 0 Å². The highest BCUT2D eigenvalue weighted by Crippen LogP contribution is 2.30. The van der Waals surface area contributed by atoms with Gasteiger partial charge in [-0.05, 0) is 26.0 Å². The molecule has 0 bridgehead atoms. The number of hydrogen-bond acceptors (Lipinski definition) is 7. The molecule has 0 spiro atoms. The smallest absolute Gasteiger partial charge is 0.318 e. The van der Waals surface area contributed by atoms with Crippen LogP contribution in [-0.2, 0) is 9.53 Å². The zero-order chi connectivity index (χ0) is 14.5. The van der Waals surface area contributed by atoms with E-state index >= 15 is 0 Å². The number of esters is 1. The molecule has 0 aliphatic heterocycles. The van der Waals surface area contributed by atoms with Gasteiger partial charge in [0.1, 0.15) is 5.25 Å². The normalized spacial score (nSPS) is 11.9. The molecule has 0 aliphatic carbocycles. The monoisotopic (exact) mass is 309 g/mol. The third-order valence-corrected chi connectivity index (χ3v) is 4.52. The number of anilines is 2. The van der Waals surface area contributed by atoms with Crippen molar-refractivity contribution >= 4 is 39.9 Å². The molecule has 1 heterocycles. The van der Waals surface area contributed by atoms with E-state index in [0.29, 0.717) is 5.13 Å². The molecule has 0 aliphatic rings. The predicted molar refractivity (Wildman–Crippen MR) is 81.7 cm³/mol. The molecule has 20 heavy (non-hydrogen) atoms. The average Bonchev–Trinajstić information content (AvgIpc) is 2.87. The number of benzene rings is 1. The number of carbonyl (C=O) groups excluding carboxylic acids is 1. The van der Waals surface area contributed by atoms with Crippen LogP contribution in [0.25, 0.3) is 0 Å². The topological polar surface area (TPSA) is 64.1 Å². The number of aryl methyl sites for hydroxylation is 1. The van der Waals surface area contributed by atoms with Crippen LogP contribution in [0.3, 0.4) is 0 Å². The van der Waals surface area contributed by atoms with Crippen LogP contribution < -0.4 is 5.32 Å². The van der Waals surface area contributed by atoms with Crippen molar-refractivity contribution < 1.29 is 9.53 Å². The summed E-state index contributed by atoms with van der Waals surface area (Å²) in [6, 6.07) is 8.03. The number of rotatable bonds is 5. The van der Waals surface area contributed by atoms with E-state index < -0.39 is 0 Å². The lowest BCUT2D eigenvalue weighted by atomic mass is 10.2. The van der Waals surface area contributed by atoms with E-state index in [4.69, 9.17) is 0 Å². The highest BCUT2D eigenvalue weighted by atomic mass is 32.2. The van der Waals surface area contributed by atoms with Crippen molar-refractivity contribution in [3.8, 4) is 0 Å². The number of hydrogen-bond donors (Lipinski definition) is 1. The van der Waals surface area contributed by atoms with Gasteiger partial charge in [0, 0.05) is 5.69 Å². The maximum absolute atomic E-state index is 11.3. The van der Waals surface area contributed by atoms with Gasteiger partial charge in [0.25, 0.3) is 0 Å². The third kappa shape index (κ3) is 3.94. The van der Waals surface area contributed by atoms with E-state index in [2.05, 4.69) is 20.3 Å². The van der Waals surface area contributed by atoms with Crippen molar-refractivity contribution in [2.75, 3.05) is 12.4 Å². The zero-order valence-electron chi connectivity index (χ0n) is 11.4. The van der Waals surface area contributed by atoms with Crippen LogP contribution in [0.5, 0.6) is 0 Å². The molecule has 0 radical (unpaired) electrons. The Balaban J connectivity index is 1.98. The van der Waals surface area contributed by atoms with Crippen molar-refractivity contribution in [1.82, 2.24) is 10.2 Å². The van der Waals surface area contributed by atoms with Crippen molar-refractivity contribution in [3.63, 3.8) is 0 Å². The Labute approximate surface area is 125 Å². The lowest BCUT2D eigenvalue weighted by molar-refractivity contribution is -0.139. The lowest BCUT2D eigenvalue weighted by Gasteiger charge is -2.04. The molecule has 2 aromatic rings. The zero-order valence-corrected chi connectivity index (χ0v) is 13.0. The first kappa shape index (κ1) is 14.8. The Kier molecular flexibility index (Phi) is 4.97. The van der Waals surface area contributed by atoms with Crippen molar-refractivity contribution in [2.24, 2.45) is 0 Å². The summed E-state index contributed by atoms with van der Waals surface area (Å²) in [4.78, 5) is 11.3. The highest BCUT2D eigenvalue weighted by Gasteiger charge is 2.17. The second-order valence-corrected chi connectivity index (χ2v) is 6.71. The van der Waals surface area contributed by atoms with Gasteiger partial charge in [-0.1, -0.05) is 40.8 Å². The fraction of sp³-hybridized carbons (Fsp3) is 0.308.